The Morgan fingerprint density at radius 1 is 1.12 bits per heavy atom. The number of nitrogens with zero attached hydrogens (tertiary/aromatic N) is 2. The standard InChI is InChI=1S/C19H30N2O4S/c1-4-20-8-9-21(18-14-26(22,23)13-17(18)20)11-15-6-7-19(24-3)16(10-15)12-25-5-2/h6-7,10,17-18H,4-5,8-9,11-14H2,1-3H3. The molecule has 1 aromatic carbocycles. The van der Waals surface area contributed by atoms with Crippen LogP contribution in [-0.4, -0.2) is 75.2 Å². The van der Waals surface area contributed by atoms with E-state index in [1.807, 2.05) is 13.0 Å². The average Bonchev–Trinajstić information content (AvgIpc) is 2.96. The van der Waals surface area contributed by atoms with E-state index in [0.29, 0.717) is 19.0 Å². The number of rotatable bonds is 7. The number of hydrogen-bond donors (Lipinski definition) is 0. The molecular formula is C19H30N2O4S. The molecule has 2 aliphatic heterocycles. The van der Waals surface area contributed by atoms with Crippen molar-refractivity contribution in [1.29, 1.82) is 0 Å². The summed E-state index contributed by atoms with van der Waals surface area (Å²) in [5.41, 5.74) is 2.21. The zero-order valence-electron chi connectivity index (χ0n) is 16.0. The fraction of sp³-hybridized carbons (Fsp3) is 0.684. The molecule has 0 amide bonds. The second kappa shape index (κ2) is 8.25. The summed E-state index contributed by atoms with van der Waals surface area (Å²) in [7, 11) is -1.28. The van der Waals surface area contributed by atoms with Gasteiger partial charge in [0.05, 0.1) is 25.2 Å². The minimum atomic E-state index is -2.95. The maximum absolute atomic E-state index is 12.2. The van der Waals surface area contributed by atoms with Crippen LogP contribution in [0.25, 0.3) is 0 Å². The lowest BCUT2D eigenvalue weighted by atomic mass is 10.0. The second-order valence-electron chi connectivity index (χ2n) is 7.09. The van der Waals surface area contributed by atoms with Crippen molar-refractivity contribution in [1.82, 2.24) is 9.80 Å². The van der Waals surface area contributed by atoms with Crippen molar-refractivity contribution in [3.63, 3.8) is 0 Å². The van der Waals surface area contributed by atoms with Crippen LogP contribution in [0.2, 0.25) is 0 Å². The third kappa shape index (κ3) is 4.22. The summed E-state index contributed by atoms with van der Waals surface area (Å²) in [6, 6.07) is 6.39. The van der Waals surface area contributed by atoms with E-state index in [0.717, 1.165) is 37.5 Å². The van der Waals surface area contributed by atoms with Crippen LogP contribution >= 0.6 is 0 Å². The highest BCUT2D eigenvalue weighted by Gasteiger charge is 2.45. The summed E-state index contributed by atoms with van der Waals surface area (Å²) in [5.74, 6) is 1.40. The van der Waals surface area contributed by atoms with Crippen LogP contribution in [0.3, 0.4) is 0 Å². The molecule has 0 saturated carbocycles. The van der Waals surface area contributed by atoms with Crippen molar-refractivity contribution in [2.45, 2.75) is 39.1 Å². The fourth-order valence-corrected chi connectivity index (χ4v) is 6.22. The van der Waals surface area contributed by atoms with Crippen LogP contribution in [-0.2, 0) is 27.7 Å². The van der Waals surface area contributed by atoms with E-state index >= 15 is 0 Å². The molecule has 2 atom stereocenters. The summed E-state index contributed by atoms with van der Waals surface area (Å²) in [6.07, 6.45) is 0. The first-order valence-corrected chi connectivity index (χ1v) is 11.2. The summed E-state index contributed by atoms with van der Waals surface area (Å²) < 4.78 is 35.4. The lowest BCUT2D eigenvalue weighted by Gasteiger charge is -2.43. The molecule has 7 heteroatoms. The number of likely N-dealkylation sites (N-methyl/N-ethyl adjacent to an activating group) is 1. The third-order valence-electron chi connectivity index (χ3n) is 5.50. The van der Waals surface area contributed by atoms with Crippen molar-refractivity contribution in [2.75, 3.05) is 44.9 Å². The van der Waals surface area contributed by atoms with E-state index in [1.165, 1.54) is 5.56 Å². The zero-order chi connectivity index (χ0) is 18.7. The minimum absolute atomic E-state index is 0.0890. The highest BCUT2D eigenvalue weighted by Crippen LogP contribution is 2.29. The summed E-state index contributed by atoms with van der Waals surface area (Å²) in [4.78, 5) is 4.66. The summed E-state index contributed by atoms with van der Waals surface area (Å²) in [6.45, 7) is 8.77. The third-order valence-corrected chi connectivity index (χ3v) is 7.20. The van der Waals surface area contributed by atoms with E-state index in [1.54, 1.807) is 7.11 Å². The molecule has 2 unspecified atom stereocenters. The molecule has 1 aromatic rings. The average molecular weight is 383 g/mol. The van der Waals surface area contributed by atoms with Crippen LogP contribution in [0.5, 0.6) is 5.75 Å². The van der Waals surface area contributed by atoms with Crippen molar-refractivity contribution in [2.24, 2.45) is 0 Å². The predicted molar refractivity (Wildman–Crippen MR) is 102 cm³/mol. The van der Waals surface area contributed by atoms with E-state index < -0.39 is 9.84 Å². The van der Waals surface area contributed by atoms with Gasteiger partial charge in [-0.15, -0.1) is 0 Å². The highest BCUT2D eigenvalue weighted by atomic mass is 32.2. The second-order valence-corrected chi connectivity index (χ2v) is 9.25. The predicted octanol–water partition coefficient (Wildman–Crippen LogP) is 1.53. The first kappa shape index (κ1) is 19.6. The van der Waals surface area contributed by atoms with Gasteiger partial charge in [0.25, 0.3) is 0 Å². The smallest absolute Gasteiger partial charge is 0.153 e. The first-order valence-electron chi connectivity index (χ1n) is 9.39. The maximum Gasteiger partial charge on any atom is 0.153 e. The maximum atomic E-state index is 12.2. The van der Waals surface area contributed by atoms with E-state index in [-0.39, 0.29) is 17.8 Å². The Hall–Kier alpha value is -1.15. The topological polar surface area (TPSA) is 59.1 Å². The normalized spacial score (nSPS) is 26.0. The Morgan fingerprint density at radius 2 is 1.81 bits per heavy atom. The van der Waals surface area contributed by atoms with E-state index in [9.17, 15) is 8.42 Å². The van der Waals surface area contributed by atoms with Gasteiger partial charge in [0.1, 0.15) is 5.75 Å². The number of fused-ring (bicyclic) bond motifs is 1. The molecule has 2 saturated heterocycles. The molecule has 2 fully saturated rings. The number of methoxy groups -OCH3 is 1. The summed E-state index contributed by atoms with van der Waals surface area (Å²) >= 11 is 0. The Morgan fingerprint density at radius 3 is 2.46 bits per heavy atom. The van der Waals surface area contributed by atoms with E-state index in [4.69, 9.17) is 9.47 Å². The highest BCUT2D eigenvalue weighted by molar-refractivity contribution is 7.91. The Labute approximate surface area is 157 Å². The lowest BCUT2D eigenvalue weighted by Crippen LogP contribution is -2.58. The van der Waals surface area contributed by atoms with Crippen LogP contribution in [0.4, 0.5) is 0 Å². The Bertz CT molecular complexity index is 722. The molecule has 0 radical (unpaired) electrons. The molecule has 3 rings (SSSR count). The fourth-order valence-electron chi connectivity index (χ4n) is 4.18. The van der Waals surface area contributed by atoms with Gasteiger partial charge in [-0.1, -0.05) is 13.0 Å². The monoisotopic (exact) mass is 382 g/mol. The van der Waals surface area contributed by atoms with Crippen LogP contribution in [0.15, 0.2) is 18.2 Å². The number of sulfone groups is 1. The quantitative estimate of drug-likeness (QED) is 0.713. The number of piperazine rings is 1. The molecule has 6 nitrogen and oxygen atoms in total. The summed E-state index contributed by atoms with van der Waals surface area (Å²) in [5, 5.41) is 0. The largest absolute Gasteiger partial charge is 0.496 e. The number of benzene rings is 1. The molecule has 2 heterocycles. The van der Waals surface area contributed by atoms with Crippen molar-refractivity contribution in [3.05, 3.63) is 29.3 Å². The molecular weight excluding hydrogens is 352 g/mol. The lowest BCUT2D eigenvalue weighted by molar-refractivity contribution is 0.0438. The van der Waals surface area contributed by atoms with Crippen LogP contribution in [0, 0.1) is 0 Å². The van der Waals surface area contributed by atoms with Gasteiger partial charge in [-0.05, 0) is 31.2 Å². The van der Waals surface area contributed by atoms with Crippen molar-refractivity contribution < 1.29 is 17.9 Å². The zero-order valence-corrected chi connectivity index (χ0v) is 16.8. The number of hydrogen-bond acceptors (Lipinski definition) is 6. The number of ether oxygens (including phenoxy) is 2. The molecule has 0 aliphatic carbocycles. The molecule has 2 aliphatic rings. The van der Waals surface area contributed by atoms with Crippen LogP contribution < -0.4 is 4.74 Å². The van der Waals surface area contributed by atoms with Gasteiger partial charge < -0.3 is 9.47 Å². The molecule has 0 bridgehead atoms. The van der Waals surface area contributed by atoms with Gasteiger partial charge in [-0.2, -0.15) is 0 Å². The Balaban J connectivity index is 1.78. The van der Waals surface area contributed by atoms with Gasteiger partial charge in [0, 0.05) is 43.9 Å². The van der Waals surface area contributed by atoms with Crippen molar-refractivity contribution >= 4 is 9.84 Å². The molecule has 0 aromatic heterocycles. The Kier molecular flexibility index (Phi) is 6.22. The molecule has 0 spiro atoms. The van der Waals surface area contributed by atoms with Gasteiger partial charge >= 0.3 is 0 Å². The first-order chi connectivity index (χ1) is 12.5. The van der Waals surface area contributed by atoms with Gasteiger partial charge in [0.15, 0.2) is 9.84 Å². The van der Waals surface area contributed by atoms with Gasteiger partial charge in [-0.3, -0.25) is 9.80 Å². The SMILES string of the molecule is CCOCc1cc(CN2CCN(CC)C3CS(=O)(=O)CC32)ccc1OC. The minimum Gasteiger partial charge on any atom is -0.496 e. The molecule has 146 valence electrons. The van der Waals surface area contributed by atoms with Crippen molar-refractivity contribution in [3.8, 4) is 5.75 Å². The van der Waals surface area contributed by atoms with Crippen LogP contribution in [0.1, 0.15) is 25.0 Å². The van der Waals surface area contributed by atoms with E-state index in [2.05, 4.69) is 28.9 Å². The van der Waals surface area contributed by atoms with Gasteiger partial charge in [-0.25, -0.2) is 8.42 Å². The molecule has 26 heavy (non-hydrogen) atoms. The van der Waals surface area contributed by atoms with Gasteiger partial charge in [0.2, 0.25) is 0 Å². The molecule has 0 N–H and O–H groups in total.